The highest BCUT2D eigenvalue weighted by Gasteiger charge is 2.15. The minimum atomic E-state index is 0.118. The molecule has 0 spiro atoms. The number of thiophene rings is 1. The minimum absolute atomic E-state index is 0.118. The maximum Gasteiger partial charge on any atom is 0.0931 e. The quantitative estimate of drug-likeness (QED) is 0.849. The summed E-state index contributed by atoms with van der Waals surface area (Å²) in [5, 5.41) is 13.6. The van der Waals surface area contributed by atoms with Crippen molar-refractivity contribution in [3.05, 3.63) is 38.3 Å². The van der Waals surface area contributed by atoms with Crippen LogP contribution in [0.5, 0.6) is 0 Å². The summed E-state index contributed by atoms with van der Waals surface area (Å²) in [4.78, 5) is 3.66. The molecular formula is C15H22ClN3OS. The molecule has 0 atom stereocenters. The summed E-state index contributed by atoms with van der Waals surface area (Å²) in [6.07, 6.45) is 0. The van der Waals surface area contributed by atoms with Crippen molar-refractivity contribution in [2.75, 3.05) is 13.2 Å². The fourth-order valence-corrected chi connectivity index (χ4v) is 3.57. The van der Waals surface area contributed by atoms with Crippen molar-refractivity contribution < 1.29 is 5.11 Å². The van der Waals surface area contributed by atoms with Gasteiger partial charge in [-0.3, -0.25) is 9.58 Å². The van der Waals surface area contributed by atoms with Crippen molar-refractivity contribution in [1.82, 2.24) is 14.7 Å². The number of hydrogen-bond acceptors (Lipinski definition) is 4. The normalized spacial score (nSPS) is 11.5. The lowest BCUT2D eigenvalue weighted by Gasteiger charge is -2.20. The third kappa shape index (κ3) is 4.07. The Morgan fingerprint density at radius 3 is 2.67 bits per heavy atom. The third-order valence-electron chi connectivity index (χ3n) is 3.68. The van der Waals surface area contributed by atoms with Crippen LogP contribution in [0.2, 0.25) is 4.34 Å². The van der Waals surface area contributed by atoms with Crippen LogP contribution in [0.15, 0.2) is 12.1 Å². The van der Waals surface area contributed by atoms with Gasteiger partial charge in [0.1, 0.15) is 0 Å². The van der Waals surface area contributed by atoms with Crippen molar-refractivity contribution in [2.45, 2.75) is 40.4 Å². The molecule has 0 unspecified atom stereocenters. The Hall–Kier alpha value is -0.880. The lowest BCUT2D eigenvalue weighted by molar-refractivity contribution is 0.265. The molecule has 0 amide bonds. The first-order chi connectivity index (χ1) is 10.0. The molecule has 2 heterocycles. The van der Waals surface area contributed by atoms with E-state index < -0.39 is 0 Å². The van der Waals surface area contributed by atoms with Crippen LogP contribution >= 0.6 is 22.9 Å². The van der Waals surface area contributed by atoms with Gasteiger partial charge in [-0.1, -0.05) is 18.5 Å². The van der Waals surface area contributed by atoms with E-state index in [1.807, 2.05) is 17.7 Å². The topological polar surface area (TPSA) is 41.3 Å². The summed E-state index contributed by atoms with van der Waals surface area (Å²) < 4.78 is 2.73. The van der Waals surface area contributed by atoms with Crippen molar-refractivity contribution in [1.29, 1.82) is 0 Å². The molecule has 2 rings (SSSR count). The summed E-state index contributed by atoms with van der Waals surface area (Å²) in [6, 6.07) is 4.04. The summed E-state index contributed by atoms with van der Waals surface area (Å²) in [6.45, 7) is 9.68. The number of aliphatic hydroxyl groups excluding tert-OH is 1. The van der Waals surface area contributed by atoms with Crippen LogP contribution in [-0.2, 0) is 19.6 Å². The molecule has 0 saturated carbocycles. The zero-order chi connectivity index (χ0) is 15.4. The van der Waals surface area contributed by atoms with Gasteiger partial charge in [0.25, 0.3) is 0 Å². The van der Waals surface area contributed by atoms with E-state index in [1.165, 1.54) is 10.4 Å². The van der Waals surface area contributed by atoms with Crippen LogP contribution in [0.3, 0.4) is 0 Å². The molecule has 0 radical (unpaired) electrons. The molecule has 0 fully saturated rings. The van der Waals surface area contributed by atoms with E-state index in [9.17, 15) is 0 Å². The van der Waals surface area contributed by atoms with Gasteiger partial charge in [0, 0.05) is 29.2 Å². The fraction of sp³-hybridized carbons (Fsp3) is 0.533. The summed E-state index contributed by atoms with van der Waals surface area (Å²) in [5.74, 6) is 0. The van der Waals surface area contributed by atoms with Gasteiger partial charge in [-0.05, 0) is 32.5 Å². The van der Waals surface area contributed by atoms with Crippen LogP contribution in [0, 0.1) is 13.8 Å². The van der Waals surface area contributed by atoms with Gasteiger partial charge in [-0.15, -0.1) is 11.3 Å². The third-order valence-corrected chi connectivity index (χ3v) is 4.90. The number of rotatable bonds is 7. The summed E-state index contributed by atoms with van der Waals surface area (Å²) in [7, 11) is 0. The Morgan fingerprint density at radius 1 is 1.33 bits per heavy atom. The second-order valence-electron chi connectivity index (χ2n) is 5.11. The van der Waals surface area contributed by atoms with Crippen LogP contribution in [-0.4, -0.2) is 32.9 Å². The van der Waals surface area contributed by atoms with E-state index in [0.29, 0.717) is 6.54 Å². The molecule has 0 saturated heterocycles. The molecule has 0 aliphatic carbocycles. The molecule has 2 aromatic rings. The molecule has 2 aromatic heterocycles. The van der Waals surface area contributed by atoms with E-state index in [2.05, 4.69) is 29.9 Å². The zero-order valence-electron chi connectivity index (χ0n) is 12.8. The molecular weight excluding hydrogens is 306 g/mol. The first-order valence-corrected chi connectivity index (χ1v) is 8.34. The second kappa shape index (κ2) is 7.40. The molecule has 1 N–H and O–H groups in total. The van der Waals surface area contributed by atoms with Crippen LogP contribution in [0.1, 0.15) is 28.8 Å². The van der Waals surface area contributed by atoms with Crippen LogP contribution in [0.25, 0.3) is 0 Å². The first-order valence-electron chi connectivity index (χ1n) is 7.15. The average Bonchev–Trinajstić information content (AvgIpc) is 2.97. The van der Waals surface area contributed by atoms with Crippen molar-refractivity contribution in [3.8, 4) is 0 Å². The van der Waals surface area contributed by atoms with E-state index in [1.54, 1.807) is 11.3 Å². The smallest absolute Gasteiger partial charge is 0.0931 e. The van der Waals surface area contributed by atoms with Crippen LogP contribution < -0.4 is 0 Å². The van der Waals surface area contributed by atoms with Gasteiger partial charge >= 0.3 is 0 Å². The van der Waals surface area contributed by atoms with Gasteiger partial charge in [0.05, 0.1) is 23.2 Å². The molecule has 0 aliphatic rings. The lowest BCUT2D eigenvalue weighted by atomic mass is 10.2. The molecule has 0 bridgehead atoms. The van der Waals surface area contributed by atoms with Crippen molar-refractivity contribution in [3.63, 3.8) is 0 Å². The number of hydrogen-bond donors (Lipinski definition) is 1. The fourth-order valence-electron chi connectivity index (χ4n) is 2.44. The van der Waals surface area contributed by atoms with E-state index in [0.717, 1.165) is 35.4 Å². The molecule has 0 aliphatic heterocycles. The molecule has 116 valence electrons. The second-order valence-corrected chi connectivity index (χ2v) is 6.90. The van der Waals surface area contributed by atoms with E-state index >= 15 is 0 Å². The zero-order valence-corrected chi connectivity index (χ0v) is 14.3. The Balaban J connectivity index is 2.11. The maximum atomic E-state index is 9.09. The monoisotopic (exact) mass is 327 g/mol. The number of halogens is 1. The highest BCUT2D eigenvalue weighted by molar-refractivity contribution is 7.16. The number of aromatic nitrogens is 2. The molecule has 0 aromatic carbocycles. The molecule has 4 nitrogen and oxygen atoms in total. The van der Waals surface area contributed by atoms with Gasteiger partial charge in [-0.2, -0.15) is 5.10 Å². The number of aryl methyl sites for hydroxylation is 1. The SMILES string of the molecule is CCN(Cc1ccc(Cl)s1)Cc1c(C)nn(CCO)c1C. The summed E-state index contributed by atoms with van der Waals surface area (Å²) in [5.41, 5.74) is 3.45. The first kappa shape index (κ1) is 16.5. The number of nitrogens with zero attached hydrogens (tertiary/aromatic N) is 3. The highest BCUT2D eigenvalue weighted by Crippen LogP contribution is 2.24. The van der Waals surface area contributed by atoms with Crippen molar-refractivity contribution in [2.24, 2.45) is 0 Å². The summed E-state index contributed by atoms with van der Waals surface area (Å²) >= 11 is 7.63. The van der Waals surface area contributed by atoms with Crippen LogP contribution in [0.4, 0.5) is 0 Å². The van der Waals surface area contributed by atoms with E-state index in [4.69, 9.17) is 16.7 Å². The largest absolute Gasteiger partial charge is 0.394 e. The van der Waals surface area contributed by atoms with Crippen molar-refractivity contribution >= 4 is 22.9 Å². The van der Waals surface area contributed by atoms with Gasteiger partial charge in [0.2, 0.25) is 0 Å². The average molecular weight is 328 g/mol. The van der Waals surface area contributed by atoms with Gasteiger partial charge in [0.15, 0.2) is 0 Å². The standard InChI is InChI=1S/C15H22ClN3OS/c1-4-18(9-13-5-6-15(16)21-13)10-14-11(2)17-19(7-8-20)12(14)3/h5-6,20H,4,7-10H2,1-3H3. The predicted octanol–water partition coefficient (Wildman–Crippen LogP) is 3.23. The van der Waals surface area contributed by atoms with E-state index in [-0.39, 0.29) is 6.61 Å². The van der Waals surface area contributed by atoms with Gasteiger partial charge < -0.3 is 5.11 Å². The lowest BCUT2D eigenvalue weighted by Crippen LogP contribution is -2.22. The maximum absolute atomic E-state index is 9.09. The predicted molar refractivity (Wildman–Crippen MR) is 87.9 cm³/mol. The Morgan fingerprint density at radius 2 is 2.10 bits per heavy atom. The Kier molecular flexibility index (Phi) is 5.81. The Labute approximate surface area is 135 Å². The number of aliphatic hydroxyl groups is 1. The molecule has 6 heteroatoms. The van der Waals surface area contributed by atoms with Gasteiger partial charge in [-0.25, -0.2) is 0 Å². The minimum Gasteiger partial charge on any atom is -0.394 e. The highest BCUT2D eigenvalue weighted by atomic mass is 35.5. The molecule has 21 heavy (non-hydrogen) atoms. The Bertz CT molecular complexity index is 594.